The summed E-state index contributed by atoms with van der Waals surface area (Å²) in [5.74, 6) is 0.471. The summed E-state index contributed by atoms with van der Waals surface area (Å²) in [5.41, 5.74) is 0.0879. The third-order valence-corrected chi connectivity index (χ3v) is 2.56. The van der Waals surface area contributed by atoms with E-state index in [0.717, 1.165) is 12.8 Å². The van der Waals surface area contributed by atoms with Crippen molar-refractivity contribution in [3.63, 3.8) is 0 Å². The number of hydrogen-bond acceptors (Lipinski definition) is 2. The first-order valence-corrected chi connectivity index (χ1v) is 5.09. The van der Waals surface area contributed by atoms with Gasteiger partial charge in [-0.2, -0.15) is 0 Å². The average molecular weight is 184 g/mol. The minimum atomic E-state index is -0.228. The Hall–Kier alpha value is -0.370. The SMILES string of the molecule is CC(C)(C)CC(=O)[C@H]1CC[C@@H](O)C1. The van der Waals surface area contributed by atoms with E-state index in [0.29, 0.717) is 18.6 Å². The lowest BCUT2D eigenvalue weighted by atomic mass is 9.85. The van der Waals surface area contributed by atoms with Crippen LogP contribution in [0.5, 0.6) is 0 Å². The van der Waals surface area contributed by atoms with Gasteiger partial charge in [-0.1, -0.05) is 20.8 Å². The molecule has 0 aromatic heterocycles. The van der Waals surface area contributed by atoms with Crippen molar-refractivity contribution in [3.05, 3.63) is 0 Å². The van der Waals surface area contributed by atoms with Crippen molar-refractivity contribution in [1.29, 1.82) is 0 Å². The van der Waals surface area contributed by atoms with Crippen LogP contribution in [0.25, 0.3) is 0 Å². The lowest BCUT2D eigenvalue weighted by Gasteiger charge is -2.19. The van der Waals surface area contributed by atoms with E-state index in [1.165, 1.54) is 0 Å². The minimum absolute atomic E-state index is 0.0879. The fourth-order valence-electron chi connectivity index (χ4n) is 1.92. The van der Waals surface area contributed by atoms with Gasteiger partial charge in [0.15, 0.2) is 0 Å². The van der Waals surface area contributed by atoms with E-state index in [-0.39, 0.29) is 17.4 Å². The molecule has 2 atom stereocenters. The van der Waals surface area contributed by atoms with Gasteiger partial charge >= 0.3 is 0 Å². The van der Waals surface area contributed by atoms with Crippen molar-refractivity contribution in [2.24, 2.45) is 11.3 Å². The van der Waals surface area contributed by atoms with Gasteiger partial charge in [-0.05, 0) is 24.7 Å². The first-order chi connectivity index (χ1) is 5.88. The molecule has 13 heavy (non-hydrogen) atoms. The van der Waals surface area contributed by atoms with Gasteiger partial charge in [0.1, 0.15) is 5.78 Å². The molecular weight excluding hydrogens is 164 g/mol. The molecule has 0 amide bonds. The number of carbonyl (C=O) groups is 1. The predicted octanol–water partition coefficient (Wildman–Crippen LogP) is 2.15. The summed E-state index contributed by atoms with van der Waals surface area (Å²) >= 11 is 0. The molecule has 0 radical (unpaired) electrons. The number of carbonyl (C=O) groups excluding carboxylic acids is 1. The fraction of sp³-hybridized carbons (Fsp3) is 0.909. The fourth-order valence-corrected chi connectivity index (χ4v) is 1.92. The van der Waals surface area contributed by atoms with Crippen LogP contribution in [0.1, 0.15) is 46.5 Å². The molecule has 0 aromatic carbocycles. The second kappa shape index (κ2) is 3.79. The number of aliphatic hydroxyl groups excluding tert-OH is 1. The molecule has 1 aliphatic rings. The number of hydrogen-bond donors (Lipinski definition) is 1. The maximum atomic E-state index is 11.7. The van der Waals surface area contributed by atoms with Crippen LogP contribution in [0, 0.1) is 11.3 Å². The highest BCUT2D eigenvalue weighted by Crippen LogP contribution is 2.30. The Morgan fingerprint density at radius 3 is 2.38 bits per heavy atom. The highest BCUT2D eigenvalue weighted by molar-refractivity contribution is 5.81. The molecule has 1 N–H and O–H groups in total. The second-order valence-corrected chi connectivity index (χ2v) is 5.37. The minimum Gasteiger partial charge on any atom is -0.393 e. The highest BCUT2D eigenvalue weighted by Gasteiger charge is 2.30. The molecular formula is C11H20O2. The third-order valence-electron chi connectivity index (χ3n) is 2.56. The van der Waals surface area contributed by atoms with E-state index in [9.17, 15) is 9.90 Å². The van der Waals surface area contributed by atoms with E-state index in [2.05, 4.69) is 20.8 Å². The molecule has 76 valence electrons. The molecule has 1 fully saturated rings. The highest BCUT2D eigenvalue weighted by atomic mass is 16.3. The average Bonchev–Trinajstić information content (AvgIpc) is 2.31. The Balaban J connectivity index is 2.41. The van der Waals surface area contributed by atoms with E-state index in [4.69, 9.17) is 0 Å². The van der Waals surface area contributed by atoms with Crippen LogP contribution in [0.2, 0.25) is 0 Å². The molecule has 2 nitrogen and oxygen atoms in total. The van der Waals surface area contributed by atoms with Gasteiger partial charge in [0, 0.05) is 12.3 Å². The molecule has 0 spiro atoms. The lowest BCUT2D eigenvalue weighted by Crippen LogP contribution is -2.19. The Morgan fingerprint density at radius 1 is 1.38 bits per heavy atom. The molecule has 0 saturated heterocycles. The first kappa shape index (κ1) is 10.7. The van der Waals surface area contributed by atoms with Crippen LogP contribution in [-0.2, 0) is 4.79 Å². The van der Waals surface area contributed by atoms with Crippen molar-refractivity contribution >= 4 is 5.78 Å². The van der Waals surface area contributed by atoms with Crippen LogP contribution in [-0.4, -0.2) is 17.0 Å². The molecule has 1 rings (SSSR count). The molecule has 0 heterocycles. The molecule has 1 aliphatic carbocycles. The van der Waals surface area contributed by atoms with Gasteiger partial charge in [-0.15, -0.1) is 0 Å². The van der Waals surface area contributed by atoms with Crippen molar-refractivity contribution < 1.29 is 9.90 Å². The van der Waals surface area contributed by atoms with Crippen molar-refractivity contribution in [2.45, 2.75) is 52.6 Å². The topological polar surface area (TPSA) is 37.3 Å². The van der Waals surface area contributed by atoms with Crippen molar-refractivity contribution in [3.8, 4) is 0 Å². The molecule has 2 heteroatoms. The standard InChI is InChI=1S/C11H20O2/c1-11(2,3)7-10(13)8-4-5-9(12)6-8/h8-9,12H,4-7H2,1-3H3/t8-,9+/m0/s1. The number of Topliss-reactive ketones (excluding diaryl/α,β-unsaturated/α-hetero) is 1. The summed E-state index contributed by atoms with van der Waals surface area (Å²) in [6.07, 6.45) is 2.80. The van der Waals surface area contributed by atoms with Crippen LogP contribution in [0.4, 0.5) is 0 Å². The Kier molecular flexibility index (Phi) is 3.12. The van der Waals surface area contributed by atoms with Gasteiger partial charge in [-0.25, -0.2) is 0 Å². The lowest BCUT2D eigenvalue weighted by molar-refractivity contribution is -0.124. The van der Waals surface area contributed by atoms with E-state index < -0.39 is 0 Å². The first-order valence-electron chi connectivity index (χ1n) is 5.09. The number of rotatable bonds is 2. The van der Waals surface area contributed by atoms with Crippen LogP contribution in [0.15, 0.2) is 0 Å². The van der Waals surface area contributed by atoms with E-state index in [1.807, 2.05) is 0 Å². The predicted molar refractivity (Wildman–Crippen MR) is 52.4 cm³/mol. The van der Waals surface area contributed by atoms with Crippen molar-refractivity contribution in [1.82, 2.24) is 0 Å². The van der Waals surface area contributed by atoms with Gasteiger partial charge in [0.05, 0.1) is 6.10 Å². The van der Waals surface area contributed by atoms with Crippen LogP contribution < -0.4 is 0 Å². The zero-order valence-electron chi connectivity index (χ0n) is 8.84. The van der Waals surface area contributed by atoms with Crippen LogP contribution >= 0.6 is 0 Å². The molecule has 0 bridgehead atoms. The van der Waals surface area contributed by atoms with E-state index >= 15 is 0 Å². The molecule has 0 aromatic rings. The monoisotopic (exact) mass is 184 g/mol. The normalized spacial score (nSPS) is 29.2. The zero-order chi connectivity index (χ0) is 10.1. The molecule has 0 unspecified atom stereocenters. The van der Waals surface area contributed by atoms with Crippen molar-refractivity contribution in [2.75, 3.05) is 0 Å². The summed E-state index contributed by atoms with van der Waals surface area (Å²) in [4.78, 5) is 11.7. The zero-order valence-corrected chi connectivity index (χ0v) is 8.84. The van der Waals surface area contributed by atoms with Gasteiger partial charge < -0.3 is 5.11 Å². The van der Waals surface area contributed by atoms with E-state index in [1.54, 1.807) is 0 Å². The smallest absolute Gasteiger partial charge is 0.136 e. The van der Waals surface area contributed by atoms with Gasteiger partial charge in [-0.3, -0.25) is 4.79 Å². The van der Waals surface area contributed by atoms with Crippen LogP contribution in [0.3, 0.4) is 0 Å². The quantitative estimate of drug-likeness (QED) is 0.714. The second-order valence-electron chi connectivity index (χ2n) is 5.37. The number of aliphatic hydroxyl groups is 1. The Labute approximate surface area is 80.3 Å². The Morgan fingerprint density at radius 2 is 2.00 bits per heavy atom. The molecule has 1 saturated carbocycles. The Bertz CT molecular complexity index is 191. The summed E-state index contributed by atoms with van der Waals surface area (Å²) in [7, 11) is 0. The maximum absolute atomic E-state index is 11.7. The largest absolute Gasteiger partial charge is 0.393 e. The molecule has 0 aliphatic heterocycles. The summed E-state index contributed by atoms with van der Waals surface area (Å²) in [6.45, 7) is 6.24. The van der Waals surface area contributed by atoms with Gasteiger partial charge in [0.25, 0.3) is 0 Å². The maximum Gasteiger partial charge on any atom is 0.136 e. The summed E-state index contributed by atoms with van der Waals surface area (Å²) in [5, 5.41) is 9.29. The summed E-state index contributed by atoms with van der Waals surface area (Å²) in [6, 6.07) is 0. The van der Waals surface area contributed by atoms with Gasteiger partial charge in [0.2, 0.25) is 0 Å². The summed E-state index contributed by atoms with van der Waals surface area (Å²) < 4.78 is 0. The third kappa shape index (κ3) is 3.47. The number of ketones is 1.